The number of ether oxygens (including phenoxy) is 1. The summed E-state index contributed by atoms with van der Waals surface area (Å²) in [6.07, 6.45) is 5.06. The van der Waals surface area contributed by atoms with Crippen LogP contribution in [0.5, 0.6) is 0 Å². The molecule has 1 amide bonds. The molecule has 0 aromatic carbocycles. The van der Waals surface area contributed by atoms with Gasteiger partial charge in [0.1, 0.15) is 6.54 Å². The van der Waals surface area contributed by atoms with Crippen molar-refractivity contribution in [3.05, 3.63) is 12.2 Å². The number of carboxylic acid groups (broad SMARTS) is 1. The second-order valence-electron chi connectivity index (χ2n) is 4.83. The second-order valence-corrected chi connectivity index (χ2v) is 4.83. The van der Waals surface area contributed by atoms with Crippen LogP contribution in [0.25, 0.3) is 0 Å². The molecule has 6 nitrogen and oxygen atoms in total. The Morgan fingerprint density at radius 2 is 1.85 bits per heavy atom. The van der Waals surface area contributed by atoms with E-state index in [1.807, 2.05) is 13.0 Å². The van der Waals surface area contributed by atoms with Gasteiger partial charge < -0.3 is 14.7 Å². The number of nitrogens with zero attached hydrogens (tertiary/aromatic N) is 1. The zero-order valence-electron chi connectivity index (χ0n) is 11.9. The number of carbonyl (C=O) groups is 3. The van der Waals surface area contributed by atoms with E-state index in [-0.39, 0.29) is 12.5 Å². The average Bonchev–Trinajstić information content (AvgIpc) is 2.45. The summed E-state index contributed by atoms with van der Waals surface area (Å²) in [7, 11) is 1.26. The van der Waals surface area contributed by atoms with Gasteiger partial charge in [0.2, 0.25) is 5.91 Å². The van der Waals surface area contributed by atoms with E-state index in [1.165, 1.54) is 12.0 Å². The first kappa shape index (κ1) is 16.2. The zero-order chi connectivity index (χ0) is 15.1. The summed E-state index contributed by atoms with van der Waals surface area (Å²) < 4.78 is 4.58. The number of carbonyl (C=O) groups excluding carboxylic acids is 2. The SMILES string of the molecule is CCCN(CC(=O)OC)C(=O)C1CC=CCC1C(=O)O. The number of aliphatic carboxylic acids is 1. The number of hydrogen-bond donors (Lipinski definition) is 1. The molecule has 0 aliphatic heterocycles. The molecule has 2 unspecified atom stereocenters. The molecule has 0 heterocycles. The number of allylic oxidation sites excluding steroid dienone is 2. The Kier molecular flexibility index (Phi) is 6.21. The van der Waals surface area contributed by atoms with E-state index in [1.54, 1.807) is 6.08 Å². The molecule has 1 aliphatic rings. The van der Waals surface area contributed by atoms with Gasteiger partial charge in [0.15, 0.2) is 0 Å². The first-order valence-electron chi connectivity index (χ1n) is 6.74. The molecule has 20 heavy (non-hydrogen) atoms. The molecule has 1 aliphatic carbocycles. The Labute approximate surface area is 118 Å². The van der Waals surface area contributed by atoms with Gasteiger partial charge in [-0.25, -0.2) is 0 Å². The fraction of sp³-hybridized carbons (Fsp3) is 0.643. The van der Waals surface area contributed by atoms with Gasteiger partial charge in [0, 0.05) is 6.54 Å². The van der Waals surface area contributed by atoms with Crippen molar-refractivity contribution in [2.24, 2.45) is 11.8 Å². The number of esters is 1. The summed E-state index contributed by atoms with van der Waals surface area (Å²) in [6, 6.07) is 0. The van der Waals surface area contributed by atoms with Crippen LogP contribution in [-0.2, 0) is 19.1 Å². The van der Waals surface area contributed by atoms with E-state index in [0.717, 1.165) is 0 Å². The smallest absolute Gasteiger partial charge is 0.325 e. The molecule has 0 saturated carbocycles. The van der Waals surface area contributed by atoms with E-state index >= 15 is 0 Å². The van der Waals surface area contributed by atoms with Crippen molar-refractivity contribution in [3.8, 4) is 0 Å². The normalized spacial score (nSPS) is 21.3. The summed E-state index contributed by atoms with van der Waals surface area (Å²) in [5.74, 6) is -3.07. The van der Waals surface area contributed by atoms with Crippen molar-refractivity contribution in [1.82, 2.24) is 4.90 Å². The molecule has 6 heteroatoms. The first-order valence-corrected chi connectivity index (χ1v) is 6.74. The van der Waals surface area contributed by atoms with Gasteiger partial charge in [-0.2, -0.15) is 0 Å². The van der Waals surface area contributed by atoms with Gasteiger partial charge >= 0.3 is 11.9 Å². The van der Waals surface area contributed by atoms with Crippen molar-refractivity contribution in [1.29, 1.82) is 0 Å². The standard InChI is InChI=1S/C14H21NO5/c1-3-8-15(9-12(16)20-2)13(17)10-6-4-5-7-11(10)14(18)19/h4-5,10-11H,3,6-9H2,1-2H3,(H,18,19). The van der Waals surface area contributed by atoms with E-state index in [4.69, 9.17) is 0 Å². The van der Waals surface area contributed by atoms with Crippen LogP contribution in [0.3, 0.4) is 0 Å². The molecule has 0 spiro atoms. The fourth-order valence-electron chi connectivity index (χ4n) is 2.35. The largest absolute Gasteiger partial charge is 0.481 e. The number of rotatable bonds is 6. The van der Waals surface area contributed by atoms with Crippen LogP contribution < -0.4 is 0 Å². The molecule has 0 radical (unpaired) electrons. The molecular formula is C14H21NO5. The van der Waals surface area contributed by atoms with Gasteiger partial charge in [-0.3, -0.25) is 14.4 Å². The highest BCUT2D eigenvalue weighted by molar-refractivity contribution is 5.87. The van der Waals surface area contributed by atoms with Crippen LogP contribution >= 0.6 is 0 Å². The number of hydrogen-bond acceptors (Lipinski definition) is 4. The van der Waals surface area contributed by atoms with Gasteiger partial charge in [0.25, 0.3) is 0 Å². The maximum Gasteiger partial charge on any atom is 0.325 e. The minimum absolute atomic E-state index is 0.129. The average molecular weight is 283 g/mol. The summed E-state index contributed by atoms with van der Waals surface area (Å²) in [4.78, 5) is 36.5. The van der Waals surface area contributed by atoms with E-state index < -0.39 is 23.8 Å². The molecule has 2 atom stereocenters. The predicted molar refractivity (Wildman–Crippen MR) is 71.9 cm³/mol. The van der Waals surface area contributed by atoms with E-state index in [0.29, 0.717) is 25.8 Å². The topological polar surface area (TPSA) is 83.9 Å². The summed E-state index contributed by atoms with van der Waals surface area (Å²) in [5.41, 5.74) is 0. The molecular weight excluding hydrogens is 262 g/mol. The Bertz CT molecular complexity index is 404. The third kappa shape index (κ3) is 4.08. The molecule has 1 N–H and O–H groups in total. The van der Waals surface area contributed by atoms with Crippen molar-refractivity contribution in [3.63, 3.8) is 0 Å². The Morgan fingerprint density at radius 1 is 1.25 bits per heavy atom. The highest BCUT2D eigenvalue weighted by Crippen LogP contribution is 2.27. The van der Waals surface area contributed by atoms with Crippen LogP contribution in [0.15, 0.2) is 12.2 Å². The van der Waals surface area contributed by atoms with Gasteiger partial charge in [-0.15, -0.1) is 0 Å². The lowest BCUT2D eigenvalue weighted by Crippen LogP contribution is -2.44. The van der Waals surface area contributed by atoms with Crippen molar-refractivity contribution in [2.75, 3.05) is 20.2 Å². The van der Waals surface area contributed by atoms with Gasteiger partial charge in [-0.05, 0) is 19.3 Å². The maximum absolute atomic E-state index is 12.5. The minimum Gasteiger partial charge on any atom is -0.481 e. The quantitative estimate of drug-likeness (QED) is 0.582. The number of carboxylic acids is 1. The second kappa shape index (κ2) is 7.67. The molecule has 0 aromatic heterocycles. The Hall–Kier alpha value is -1.85. The lowest BCUT2D eigenvalue weighted by molar-refractivity contribution is -0.153. The van der Waals surface area contributed by atoms with E-state index in [9.17, 15) is 19.5 Å². The van der Waals surface area contributed by atoms with Crippen LogP contribution in [0.1, 0.15) is 26.2 Å². The number of amides is 1. The molecule has 1 rings (SSSR count). The highest BCUT2D eigenvalue weighted by atomic mass is 16.5. The fourth-order valence-corrected chi connectivity index (χ4v) is 2.35. The van der Waals surface area contributed by atoms with Gasteiger partial charge in [0.05, 0.1) is 18.9 Å². The molecule has 0 saturated heterocycles. The lowest BCUT2D eigenvalue weighted by atomic mass is 9.82. The third-order valence-corrected chi connectivity index (χ3v) is 3.42. The summed E-state index contributed by atoms with van der Waals surface area (Å²) >= 11 is 0. The molecule has 0 aromatic rings. The van der Waals surface area contributed by atoms with Crippen LogP contribution in [0.2, 0.25) is 0 Å². The number of methoxy groups -OCH3 is 1. The first-order chi connectivity index (χ1) is 9.51. The van der Waals surface area contributed by atoms with Gasteiger partial charge in [-0.1, -0.05) is 19.1 Å². The molecule has 0 bridgehead atoms. The predicted octanol–water partition coefficient (Wildman–Crippen LogP) is 1.06. The van der Waals surface area contributed by atoms with Crippen LogP contribution in [-0.4, -0.2) is 48.1 Å². The Morgan fingerprint density at radius 3 is 2.35 bits per heavy atom. The maximum atomic E-state index is 12.5. The summed E-state index contributed by atoms with van der Waals surface area (Å²) in [5, 5.41) is 9.20. The molecule has 112 valence electrons. The van der Waals surface area contributed by atoms with Crippen LogP contribution in [0, 0.1) is 11.8 Å². The lowest BCUT2D eigenvalue weighted by Gasteiger charge is -2.30. The summed E-state index contributed by atoms with van der Waals surface area (Å²) in [6.45, 7) is 2.18. The van der Waals surface area contributed by atoms with Crippen molar-refractivity contribution >= 4 is 17.8 Å². The van der Waals surface area contributed by atoms with E-state index in [2.05, 4.69) is 4.74 Å². The highest BCUT2D eigenvalue weighted by Gasteiger charge is 2.36. The third-order valence-electron chi connectivity index (χ3n) is 3.42. The zero-order valence-corrected chi connectivity index (χ0v) is 11.9. The van der Waals surface area contributed by atoms with Crippen molar-refractivity contribution in [2.45, 2.75) is 26.2 Å². The monoisotopic (exact) mass is 283 g/mol. The minimum atomic E-state index is -0.970. The molecule has 0 fully saturated rings. The van der Waals surface area contributed by atoms with Crippen LogP contribution in [0.4, 0.5) is 0 Å². The van der Waals surface area contributed by atoms with Crippen molar-refractivity contribution < 1.29 is 24.2 Å². The Balaban J connectivity index is 2.83.